The summed E-state index contributed by atoms with van der Waals surface area (Å²) in [5.74, 6) is -1.43. The molecule has 0 heterocycles. The lowest BCUT2D eigenvalue weighted by atomic mass is 9.94. The normalized spacial score (nSPS) is 14.7. The third kappa shape index (κ3) is 8.39. The van der Waals surface area contributed by atoms with Gasteiger partial charge in [-0.15, -0.1) is 0 Å². The average molecular weight is 580 g/mol. The molecule has 1 saturated carbocycles. The number of hydrogen-bond acceptors (Lipinski definition) is 4. The van der Waals surface area contributed by atoms with Crippen LogP contribution in [0.1, 0.15) is 48.8 Å². The zero-order valence-corrected chi connectivity index (χ0v) is 24.4. The maximum atomic E-state index is 14.9. The van der Waals surface area contributed by atoms with Crippen LogP contribution in [0, 0.1) is 12.7 Å². The van der Waals surface area contributed by atoms with Gasteiger partial charge in [-0.3, -0.25) is 13.9 Å². The van der Waals surface area contributed by atoms with Crippen molar-refractivity contribution >= 4 is 27.5 Å². The third-order valence-corrected chi connectivity index (χ3v) is 8.63. The average Bonchev–Trinajstić information content (AvgIpc) is 2.95. The Labute approximate surface area is 242 Å². The number of nitrogens with zero attached hydrogens (tertiary/aromatic N) is 2. The molecule has 7 nitrogen and oxygen atoms in total. The molecular weight excluding hydrogens is 541 g/mol. The predicted molar refractivity (Wildman–Crippen MR) is 159 cm³/mol. The fraction of sp³-hybridized carbons (Fsp3) is 0.375. The Bertz CT molecular complexity index is 1440. The van der Waals surface area contributed by atoms with Crippen molar-refractivity contribution in [3.05, 3.63) is 101 Å². The molecule has 0 aromatic heterocycles. The van der Waals surface area contributed by atoms with Gasteiger partial charge in [0.2, 0.25) is 21.8 Å². The highest BCUT2D eigenvalue weighted by molar-refractivity contribution is 7.92. The van der Waals surface area contributed by atoms with Crippen molar-refractivity contribution in [3.63, 3.8) is 0 Å². The summed E-state index contributed by atoms with van der Waals surface area (Å²) in [6, 6.07) is 21.3. The maximum absolute atomic E-state index is 14.9. The quantitative estimate of drug-likeness (QED) is 0.347. The molecule has 0 bridgehead atoms. The molecule has 41 heavy (non-hydrogen) atoms. The first-order chi connectivity index (χ1) is 19.6. The standard InChI is InChI=1S/C32H38FN3O4S/c1-24-12-11-18-28(20-24)36(41(2,39)40)23-31(37)35(22-26-15-9-10-19-29(26)33)30(21-25-13-5-3-6-14-25)32(38)34-27-16-7-4-8-17-27/h3,5-6,9-15,18-20,27,30H,4,7-8,16-17,21-23H2,1-2H3,(H,34,38). The smallest absolute Gasteiger partial charge is 0.244 e. The lowest BCUT2D eigenvalue weighted by molar-refractivity contribution is -0.140. The number of aryl methyl sites for hydroxylation is 1. The van der Waals surface area contributed by atoms with Crippen LogP contribution >= 0.6 is 0 Å². The molecule has 0 saturated heterocycles. The molecule has 1 fully saturated rings. The van der Waals surface area contributed by atoms with Crippen molar-refractivity contribution in [3.8, 4) is 0 Å². The number of hydrogen-bond donors (Lipinski definition) is 1. The molecule has 1 aliphatic rings. The number of rotatable bonds is 11. The van der Waals surface area contributed by atoms with Crippen LogP contribution in [0.3, 0.4) is 0 Å². The minimum absolute atomic E-state index is 0.000233. The molecule has 1 atom stereocenters. The summed E-state index contributed by atoms with van der Waals surface area (Å²) in [6.07, 6.45) is 6.13. The molecule has 0 radical (unpaired) electrons. The van der Waals surface area contributed by atoms with Crippen LogP contribution in [-0.4, -0.2) is 50.0 Å². The number of carbonyl (C=O) groups is 2. The maximum Gasteiger partial charge on any atom is 0.244 e. The van der Waals surface area contributed by atoms with Crippen molar-refractivity contribution < 1.29 is 22.4 Å². The summed E-state index contributed by atoms with van der Waals surface area (Å²) in [5, 5.41) is 3.14. The van der Waals surface area contributed by atoms with Gasteiger partial charge in [-0.05, 0) is 49.1 Å². The van der Waals surface area contributed by atoms with Crippen LogP contribution in [-0.2, 0) is 32.6 Å². The summed E-state index contributed by atoms with van der Waals surface area (Å²) in [7, 11) is -3.86. The number of amides is 2. The van der Waals surface area contributed by atoms with E-state index in [0.29, 0.717) is 5.69 Å². The van der Waals surface area contributed by atoms with Gasteiger partial charge in [0, 0.05) is 24.6 Å². The highest BCUT2D eigenvalue weighted by Gasteiger charge is 2.34. The second-order valence-corrected chi connectivity index (χ2v) is 12.7. The molecule has 9 heteroatoms. The zero-order chi connectivity index (χ0) is 29.4. The van der Waals surface area contributed by atoms with Crippen LogP contribution in [0.25, 0.3) is 0 Å². The van der Waals surface area contributed by atoms with Gasteiger partial charge < -0.3 is 10.2 Å². The Balaban J connectivity index is 1.73. The van der Waals surface area contributed by atoms with Gasteiger partial charge in [0.05, 0.1) is 11.9 Å². The summed E-state index contributed by atoms with van der Waals surface area (Å²) in [4.78, 5) is 29.4. The zero-order valence-electron chi connectivity index (χ0n) is 23.6. The molecule has 0 aliphatic heterocycles. The second kappa shape index (κ2) is 13.8. The van der Waals surface area contributed by atoms with E-state index in [-0.39, 0.29) is 30.5 Å². The van der Waals surface area contributed by atoms with Crippen LogP contribution in [0.5, 0.6) is 0 Å². The Morgan fingerprint density at radius 3 is 2.29 bits per heavy atom. The van der Waals surface area contributed by atoms with Crippen LogP contribution in [0.4, 0.5) is 10.1 Å². The van der Waals surface area contributed by atoms with Crippen molar-refractivity contribution in [2.45, 2.75) is 64.1 Å². The van der Waals surface area contributed by atoms with Crippen molar-refractivity contribution in [2.24, 2.45) is 0 Å². The van der Waals surface area contributed by atoms with Crippen LogP contribution in [0.15, 0.2) is 78.9 Å². The molecular formula is C32H38FN3O4S. The van der Waals surface area contributed by atoms with E-state index in [4.69, 9.17) is 0 Å². The molecule has 3 aromatic rings. The monoisotopic (exact) mass is 579 g/mol. The molecule has 2 amide bonds. The lowest BCUT2D eigenvalue weighted by Crippen LogP contribution is -2.55. The lowest BCUT2D eigenvalue weighted by Gasteiger charge is -2.35. The number of carbonyl (C=O) groups excluding carboxylic acids is 2. The molecule has 4 rings (SSSR count). The fourth-order valence-electron chi connectivity index (χ4n) is 5.31. The number of anilines is 1. The highest BCUT2D eigenvalue weighted by atomic mass is 32.2. The second-order valence-electron chi connectivity index (χ2n) is 10.8. The van der Waals surface area contributed by atoms with Crippen LogP contribution in [0.2, 0.25) is 0 Å². The van der Waals surface area contributed by atoms with Gasteiger partial charge >= 0.3 is 0 Å². The van der Waals surface area contributed by atoms with Crippen molar-refractivity contribution in [1.29, 1.82) is 0 Å². The summed E-state index contributed by atoms with van der Waals surface area (Å²) in [6.45, 7) is 1.12. The van der Waals surface area contributed by atoms with Crippen molar-refractivity contribution in [2.75, 3.05) is 17.1 Å². The Morgan fingerprint density at radius 1 is 0.951 bits per heavy atom. The highest BCUT2D eigenvalue weighted by Crippen LogP contribution is 2.23. The molecule has 1 unspecified atom stereocenters. The van der Waals surface area contributed by atoms with E-state index in [1.165, 1.54) is 11.0 Å². The first-order valence-corrected chi connectivity index (χ1v) is 15.9. The topological polar surface area (TPSA) is 86.8 Å². The largest absolute Gasteiger partial charge is 0.352 e. The van der Waals surface area contributed by atoms with Gasteiger partial charge in [0.1, 0.15) is 18.4 Å². The first-order valence-electron chi connectivity index (χ1n) is 14.0. The number of nitrogens with one attached hydrogen (secondary N) is 1. The minimum atomic E-state index is -3.86. The molecule has 1 aliphatic carbocycles. The number of benzene rings is 3. The van der Waals surface area contributed by atoms with E-state index in [9.17, 15) is 22.4 Å². The van der Waals surface area contributed by atoms with E-state index in [1.54, 1.807) is 36.4 Å². The van der Waals surface area contributed by atoms with Crippen LogP contribution < -0.4 is 9.62 Å². The minimum Gasteiger partial charge on any atom is -0.352 e. The fourth-order valence-corrected chi connectivity index (χ4v) is 6.15. The molecule has 1 N–H and O–H groups in total. The molecule has 3 aromatic carbocycles. The summed E-state index contributed by atoms with van der Waals surface area (Å²) < 4.78 is 41.7. The third-order valence-electron chi connectivity index (χ3n) is 7.49. The van der Waals surface area contributed by atoms with Gasteiger partial charge in [0.15, 0.2) is 0 Å². The SMILES string of the molecule is Cc1cccc(N(CC(=O)N(Cc2ccccc2F)C(Cc2ccccc2)C(=O)NC2CCCCC2)S(C)(=O)=O)c1. The van der Waals surface area contributed by atoms with Gasteiger partial charge in [-0.2, -0.15) is 0 Å². The Hall–Kier alpha value is -3.72. The van der Waals surface area contributed by atoms with Gasteiger partial charge in [-0.25, -0.2) is 12.8 Å². The van der Waals surface area contributed by atoms with E-state index in [2.05, 4.69) is 5.32 Å². The number of sulfonamides is 1. The molecule has 0 spiro atoms. The molecule has 218 valence electrons. The Kier molecular flexibility index (Phi) is 10.2. The van der Waals surface area contributed by atoms with E-state index in [0.717, 1.165) is 53.8 Å². The van der Waals surface area contributed by atoms with E-state index < -0.39 is 34.3 Å². The Morgan fingerprint density at radius 2 is 1.63 bits per heavy atom. The summed E-state index contributed by atoms with van der Waals surface area (Å²) >= 11 is 0. The predicted octanol–water partition coefficient (Wildman–Crippen LogP) is 4.99. The summed E-state index contributed by atoms with van der Waals surface area (Å²) in [5.41, 5.74) is 2.26. The van der Waals surface area contributed by atoms with E-state index in [1.807, 2.05) is 43.3 Å². The van der Waals surface area contributed by atoms with Crippen molar-refractivity contribution in [1.82, 2.24) is 10.2 Å². The number of halogens is 1. The van der Waals surface area contributed by atoms with Gasteiger partial charge in [0.25, 0.3) is 0 Å². The van der Waals surface area contributed by atoms with E-state index >= 15 is 0 Å². The van der Waals surface area contributed by atoms with Gasteiger partial charge in [-0.1, -0.05) is 79.9 Å². The first kappa shape index (κ1) is 30.2.